The number of aliphatic hydroxyl groups is 1. The first-order chi connectivity index (χ1) is 13.8. The van der Waals surface area contributed by atoms with Gasteiger partial charge in [-0.1, -0.05) is 0 Å². The number of aromatic nitrogens is 4. The van der Waals surface area contributed by atoms with E-state index in [0.717, 1.165) is 37.6 Å². The lowest BCUT2D eigenvalue weighted by Gasteiger charge is -2.34. The molecule has 1 aromatic carbocycles. The number of anilines is 3. The van der Waals surface area contributed by atoms with Crippen molar-refractivity contribution in [1.82, 2.24) is 24.8 Å². The molecular formula is C19H23N7O2. The second-order valence-electron chi connectivity index (χ2n) is 6.51. The Labute approximate surface area is 163 Å². The van der Waals surface area contributed by atoms with Gasteiger partial charge in [-0.25, -0.2) is 9.97 Å². The lowest BCUT2D eigenvalue weighted by Crippen LogP contribution is -2.47. The van der Waals surface area contributed by atoms with Gasteiger partial charge in [0.2, 0.25) is 5.95 Å². The molecule has 9 nitrogen and oxygen atoms in total. The summed E-state index contributed by atoms with van der Waals surface area (Å²) >= 11 is 0. The van der Waals surface area contributed by atoms with Crippen LogP contribution in [-0.4, -0.2) is 76.4 Å². The number of rotatable bonds is 6. The lowest BCUT2D eigenvalue weighted by atomic mass is 10.3. The van der Waals surface area contributed by atoms with Crippen LogP contribution in [0, 0.1) is 0 Å². The van der Waals surface area contributed by atoms with Crippen molar-refractivity contribution in [3.8, 4) is 5.75 Å². The minimum atomic E-state index is 0.179. The standard InChI is InChI=1S/C19H23N7O2/c1-28-15-4-2-14(3-5-15)22-18-16-17(21-7-6-20-16)23-19(24-18)26-10-8-25(9-11-26)12-13-27/h2-7,27H,8-13H2,1H3,(H,21,22,23,24). The normalized spacial score (nSPS) is 15.0. The lowest BCUT2D eigenvalue weighted by molar-refractivity contribution is 0.188. The van der Waals surface area contributed by atoms with E-state index in [2.05, 4.69) is 30.1 Å². The van der Waals surface area contributed by atoms with Crippen LogP contribution in [0.5, 0.6) is 5.75 Å². The summed E-state index contributed by atoms with van der Waals surface area (Å²) in [5.74, 6) is 2.04. The molecule has 0 amide bonds. The number of hydrogen-bond donors (Lipinski definition) is 2. The Balaban J connectivity index is 1.62. The van der Waals surface area contributed by atoms with Gasteiger partial charge in [-0.05, 0) is 24.3 Å². The van der Waals surface area contributed by atoms with Gasteiger partial charge in [0.15, 0.2) is 17.0 Å². The maximum atomic E-state index is 9.12. The van der Waals surface area contributed by atoms with Crippen molar-refractivity contribution in [1.29, 1.82) is 0 Å². The van der Waals surface area contributed by atoms with Crippen LogP contribution in [0.3, 0.4) is 0 Å². The molecule has 3 heterocycles. The Hall–Kier alpha value is -3.04. The zero-order valence-electron chi connectivity index (χ0n) is 15.7. The first kappa shape index (κ1) is 18.3. The van der Waals surface area contributed by atoms with Crippen LogP contribution in [-0.2, 0) is 0 Å². The molecule has 1 aliphatic rings. The van der Waals surface area contributed by atoms with Gasteiger partial charge in [0.05, 0.1) is 13.7 Å². The van der Waals surface area contributed by atoms with Gasteiger partial charge < -0.3 is 20.1 Å². The highest BCUT2D eigenvalue weighted by Gasteiger charge is 2.20. The molecule has 0 bridgehead atoms. The Morgan fingerprint density at radius 3 is 2.50 bits per heavy atom. The van der Waals surface area contributed by atoms with Crippen LogP contribution in [0.4, 0.5) is 17.5 Å². The van der Waals surface area contributed by atoms with E-state index in [-0.39, 0.29) is 6.61 Å². The Morgan fingerprint density at radius 2 is 1.79 bits per heavy atom. The van der Waals surface area contributed by atoms with Crippen molar-refractivity contribution >= 4 is 28.6 Å². The fraction of sp³-hybridized carbons (Fsp3) is 0.368. The number of nitrogens with zero attached hydrogens (tertiary/aromatic N) is 6. The number of nitrogens with one attached hydrogen (secondary N) is 1. The quantitative estimate of drug-likeness (QED) is 0.654. The zero-order chi connectivity index (χ0) is 19.3. The van der Waals surface area contributed by atoms with Gasteiger partial charge in [0.25, 0.3) is 0 Å². The highest BCUT2D eigenvalue weighted by molar-refractivity contribution is 5.85. The van der Waals surface area contributed by atoms with Crippen LogP contribution in [0.1, 0.15) is 0 Å². The number of hydrogen-bond acceptors (Lipinski definition) is 9. The molecule has 0 aliphatic carbocycles. The number of aliphatic hydroxyl groups excluding tert-OH is 1. The number of β-amino-alcohol motifs (C(OH)–C–C–N with tert-alkyl or cyclic N) is 1. The molecule has 1 aliphatic heterocycles. The second kappa shape index (κ2) is 8.32. The summed E-state index contributed by atoms with van der Waals surface area (Å²) < 4.78 is 5.21. The SMILES string of the molecule is COc1ccc(Nc2nc(N3CCN(CCO)CC3)nc3nccnc23)cc1. The van der Waals surface area contributed by atoms with Crippen LogP contribution in [0.2, 0.25) is 0 Å². The summed E-state index contributed by atoms with van der Waals surface area (Å²) in [4.78, 5) is 22.5. The first-order valence-electron chi connectivity index (χ1n) is 9.25. The van der Waals surface area contributed by atoms with Gasteiger partial charge in [-0.2, -0.15) is 9.97 Å². The van der Waals surface area contributed by atoms with Crippen molar-refractivity contribution in [2.24, 2.45) is 0 Å². The molecule has 146 valence electrons. The van der Waals surface area contributed by atoms with Crippen molar-refractivity contribution < 1.29 is 9.84 Å². The fourth-order valence-corrected chi connectivity index (χ4v) is 3.20. The summed E-state index contributed by atoms with van der Waals surface area (Å²) in [6.07, 6.45) is 3.27. The molecule has 28 heavy (non-hydrogen) atoms. The molecule has 2 aromatic heterocycles. The van der Waals surface area contributed by atoms with Gasteiger partial charge in [0.1, 0.15) is 5.75 Å². The maximum absolute atomic E-state index is 9.12. The molecule has 0 atom stereocenters. The van der Waals surface area contributed by atoms with Crippen molar-refractivity contribution in [3.63, 3.8) is 0 Å². The monoisotopic (exact) mass is 381 g/mol. The smallest absolute Gasteiger partial charge is 0.229 e. The highest BCUT2D eigenvalue weighted by atomic mass is 16.5. The molecule has 9 heteroatoms. The van der Waals surface area contributed by atoms with Crippen LogP contribution in [0.15, 0.2) is 36.7 Å². The third-order valence-corrected chi connectivity index (χ3v) is 4.75. The van der Waals surface area contributed by atoms with Crippen LogP contribution >= 0.6 is 0 Å². The molecule has 0 saturated carbocycles. The Kier molecular flexibility index (Phi) is 5.45. The number of ether oxygens (including phenoxy) is 1. The average Bonchev–Trinajstić information content (AvgIpc) is 2.75. The van der Waals surface area contributed by atoms with E-state index in [1.165, 1.54) is 0 Å². The molecule has 0 spiro atoms. The number of piperazine rings is 1. The van der Waals surface area contributed by atoms with Gasteiger partial charge in [0, 0.05) is 50.8 Å². The van der Waals surface area contributed by atoms with Crippen molar-refractivity contribution in [2.75, 3.05) is 56.7 Å². The molecule has 2 N–H and O–H groups in total. The third kappa shape index (κ3) is 3.95. The minimum absolute atomic E-state index is 0.179. The van der Waals surface area contributed by atoms with E-state index in [4.69, 9.17) is 14.8 Å². The molecular weight excluding hydrogens is 358 g/mol. The number of benzene rings is 1. The van der Waals surface area contributed by atoms with E-state index in [0.29, 0.717) is 29.5 Å². The molecule has 3 aromatic rings. The molecule has 4 rings (SSSR count). The number of fused-ring (bicyclic) bond motifs is 1. The molecule has 0 unspecified atom stereocenters. The van der Waals surface area contributed by atoms with E-state index >= 15 is 0 Å². The average molecular weight is 381 g/mol. The second-order valence-corrected chi connectivity index (χ2v) is 6.51. The topological polar surface area (TPSA) is 99.5 Å². The first-order valence-corrected chi connectivity index (χ1v) is 9.25. The van der Waals surface area contributed by atoms with E-state index in [1.54, 1.807) is 19.5 Å². The molecule has 0 radical (unpaired) electrons. The fourth-order valence-electron chi connectivity index (χ4n) is 3.20. The predicted molar refractivity (Wildman–Crippen MR) is 107 cm³/mol. The van der Waals surface area contributed by atoms with E-state index < -0.39 is 0 Å². The largest absolute Gasteiger partial charge is 0.497 e. The Morgan fingerprint density at radius 1 is 1.04 bits per heavy atom. The zero-order valence-corrected chi connectivity index (χ0v) is 15.7. The minimum Gasteiger partial charge on any atom is -0.497 e. The van der Waals surface area contributed by atoms with Crippen molar-refractivity contribution in [2.45, 2.75) is 0 Å². The van der Waals surface area contributed by atoms with Crippen LogP contribution < -0.4 is 15.0 Å². The molecule has 1 fully saturated rings. The number of methoxy groups -OCH3 is 1. The summed E-state index contributed by atoms with van der Waals surface area (Å²) in [5.41, 5.74) is 2.06. The third-order valence-electron chi connectivity index (χ3n) is 4.75. The van der Waals surface area contributed by atoms with Gasteiger partial charge in [-0.15, -0.1) is 0 Å². The summed E-state index contributed by atoms with van der Waals surface area (Å²) in [6.45, 7) is 4.20. The molecule has 1 saturated heterocycles. The van der Waals surface area contributed by atoms with Crippen molar-refractivity contribution in [3.05, 3.63) is 36.7 Å². The highest BCUT2D eigenvalue weighted by Crippen LogP contribution is 2.25. The van der Waals surface area contributed by atoms with Crippen LogP contribution in [0.25, 0.3) is 11.2 Å². The summed E-state index contributed by atoms with van der Waals surface area (Å²) in [6, 6.07) is 7.63. The van der Waals surface area contributed by atoms with E-state index in [9.17, 15) is 0 Å². The summed E-state index contributed by atoms with van der Waals surface area (Å²) in [5, 5.41) is 12.4. The van der Waals surface area contributed by atoms with Gasteiger partial charge in [-0.3, -0.25) is 4.90 Å². The summed E-state index contributed by atoms with van der Waals surface area (Å²) in [7, 11) is 1.64. The maximum Gasteiger partial charge on any atom is 0.229 e. The van der Waals surface area contributed by atoms with Gasteiger partial charge >= 0.3 is 0 Å². The van der Waals surface area contributed by atoms with E-state index in [1.807, 2.05) is 24.3 Å². The predicted octanol–water partition coefficient (Wildman–Crippen LogP) is 1.29. The Bertz CT molecular complexity index is 927.